The van der Waals surface area contributed by atoms with Crippen molar-refractivity contribution in [1.82, 2.24) is 0 Å². The molecule has 0 amide bonds. The number of hydrogen-bond donors (Lipinski definition) is 1. The molecule has 1 aromatic carbocycles. The van der Waals surface area contributed by atoms with E-state index in [1.807, 2.05) is 12.1 Å². The van der Waals surface area contributed by atoms with Crippen molar-refractivity contribution in [2.24, 2.45) is 0 Å². The van der Waals surface area contributed by atoms with Gasteiger partial charge in [0.2, 0.25) is 0 Å². The standard InChI is InChI=1S/C7H7.Al.HO2P/c1-7-5-3-2-4-6-7;;1-3-2/h2-5H,1H3;;(H,1,2). The molecule has 0 aliphatic rings. The number of hydrogen-bond acceptors (Lipinski definition) is 1. The molecule has 0 unspecified atom stereocenters. The average molecular weight is 182 g/mol. The fraction of sp³-hybridized carbons (Fsp3) is 0.143. The third-order valence-corrected chi connectivity index (χ3v) is 1.84. The van der Waals surface area contributed by atoms with Crippen LogP contribution in [0.25, 0.3) is 0 Å². The van der Waals surface area contributed by atoms with Crippen molar-refractivity contribution in [3.05, 3.63) is 29.8 Å². The zero-order valence-corrected chi connectivity index (χ0v) is 8.24. The lowest BCUT2D eigenvalue weighted by Gasteiger charge is -1.95. The molecule has 4 heteroatoms. The minimum atomic E-state index is -0.833. The van der Waals surface area contributed by atoms with Gasteiger partial charge in [-0.15, -0.1) is 4.43 Å². The van der Waals surface area contributed by atoms with Crippen LogP contribution in [0.1, 0.15) is 5.56 Å². The molecule has 0 aliphatic heterocycles. The smallest absolute Gasteiger partial charge is 0.310 e. The third kappa shape index (κ3) is 5.12. The van der Waals surface area contributed by atoms with Gasteiger partial charge in [0.1, 0.15) is 0 Å². The van der Waals surface area contributed by atoms with Gasteiger partial charge in [-0.1, -0.05) is 29.8 Å². The molecule has 0 saturated heterocycles. The van der Waals surface area contributed by atoms with Gasteiger partial charge in [0.05, 0.1) is 0 Å². The van der Waals surface area contributed by atoms with Gasteiger partial charge in [0.25, 0.3) is 0 Å². The van der Waals surface area contributed by atoms with Crippen LogP contribution >= 0.6 is 8.69 Å². The van der Waals surface area contributed by atoms with Crippen molar-refractivity contribution in [3.63, 3.8) is 0 Å². The normalized spacial score (nSPS) is 8.55. The summed E-state index contributed by atoms with van der Waals surface area (Å²) in [5.74, 6) is 0. The van der Waals surface area contributed by atoms with Gasteiger partial charge in [-0.25, -0.2) is 4.57 Å². The second-order valence-corrected chi connectivity index (χ2v) is 2.72. The van der Waals surface area contributed by atoms with E-state index in [0.717, 1.165) is 0 Å². The quantitative estimate of drug-likeness (QED) is 0.479. The van der Waals surface area contributed by atoms with Crippen LogP contribution in [-0.4, -0.2) is 21.2 Å². The van der Waals surface area contributed by atoms with E-state index in [-0.39, 0.29) is 0 Å². The predicted molar refractivity (Wildman–Crippen MR) is 46.4 cm³/mol. The summed E-state index contributed by atoms with van der Waals surface area (Å²) in [6.07, 6.45) is 0. The molecule has 0 spiro atoms. The molecule has 11 heavy (non-hydrogen) atoms. The highest BCUT2D eigenvalue weighted by Crippen LogP contribution is 1.88. The molecule has 0 bridgehead atoms. The van der Waals surface area contributed by atoms with Crippen molar-refractivity contribution in [1.29, 1.82) is 0 Å². The number of rotatable bonds is 0. The summed E-state index contributed by atoms with van der Waals surface area (Å²) in [6.45, 7) is 2.10. The summed E-state index contributed by atoms with van der Waals surface area (Å²) in [5.41, 5.74) is 1.33. The van der Waals surface area contributed by atoms with Crippen molar-refractivity contribution < 1.29 is 9.46 Å². The van der Waals surface area contributed by atoms with Gasteiger partial charge in [-0.3, -0.25) is 0 Å². The van der Waals surface area contributed by atoms with Crippen LogP contribution in [0.2, 0.25) is 0 Å². The van der Waals surface area contributed by atoms with Gasteiger partial charge in [-0.05, 0) is 6.92 Å². The van der Waals surface area contributed by atoms with E-state index in [9.17, 15) is 0 Å². The molecule has 1 aromatic rings. The number of aryl methyl sites for hydroxylation is 1. The van der Waals surface area contributed by atoms with Crippen LogP contribution in [0, 0.1) is 6.92 Å². The monoisotopic (exact) mass is 182 g/mol. The second-order valence-electron chi connectivity index (χ2n) is 1.94. The molecule has 0 saturated carbocycles. The van der Waals surface area contributed by atoms with Gasteiger partial charge in [-0.2, -0.15) is 0 Å². The molecule has 2 radical (unpaired) electrons. The molecule has 1 rings (SSSR count). The molecule has 56 valence electrons. The van der Waals surface area contributed by atoms with Gasteiger partial charge < -0.3 is 4.89 Å². The first-order chi connectivity index (χ1) is 5.22. The minimum absolute atomic E-state index is 0.833. The number of benzene rings is 1. The highest BCUT2D eigenvalue weighted by atomic mass is 31.1. The van der Waals surface area contributed by atoms with E-state index in [1.165, 1.54) is 9.99 Å². The molecule has 0 aliphatic carbocycles. The van der Waals surface area contributed by atoms with Gasteiger partial charge in [0.15, 0.2) is 16.3 Å². The van der Waals surface area contributed by atoms with Crippen molar-refractivity contribution in [2.75, 3.05) is 0 Å². The zero-order chi connectivity index (χ0) is 8.69. The summed E-state index contributed by atoms with van der Waals surface area (Å²) in [4.78, 5) is 6.99. The summed E-state index contributed by atoms with van der Waals surface area (Å²) in [6, 6.07) is 8.26. The van der Waals surface area contributed by atoms with Crippen molar-refractivity contribution >= 4 is 29.4 Å². The Kier molecular flexibility index (Phi) is 6.41. The maximum absolute atomic E-state index is 8.46. The van der Waals surface area contributed by atoms with E-state index in [0.29, 0.717) is 0 Å². The maximum Gasteiger partial charge on any atom is 0.324 e. The van der Waals surface area contributed by atoms with E-state index in [1.54, 1.807) is 0 Å². The Hall–Kier alpha value is -0.188. The summed E-state index contributed by atoms with van der Waals surface area (Å²) >= 11 is 2.69. The second kappa shape index (κ2) is 6.52. The molecule has 0 atom stereocenters. The topological polar surface area (TPSA) is 37.3 Å². The minimum Gasteiger partial charge on any atom is -0.310 e. The van der Waals surface area contributed by atoms with Crippen molar-refractivity contribution in [3.8, 4) is 0 Å². The van der Waals surface area contributed by atoms with Crippen LogP contribution in [0.4, 0.5) is 0 Å². The van der Waals surface area contributed by atoms with E-state index >= 15 is 0 Å². The Morgan fingerprint density at radius 3 is 2.18 bits per heavy atom. The van der Waals surface area contributed by atoms with Crippen LogP contribution in [0.15, 0.2) is 24.3 Å². The Balaban J connectivity index is 0.000000292. The van der Waals surface area contributed by atoms with Crippen LogP contribution in [0.5, 0.6) is 0 Å². The van der Waals surface area contributed by atoms with Crippen LogP contribution in [0.3, 0.4) is 0 Å². The van der Waals surface area contributed by atoms with Crippen LogP contribution in [-0.2, 0) is 4.57 Å². The summed E-state index contributed by atoms with van der Waals surface area (Å²) in [5, 5.41) is 0. The maximum atomic E-state index is 8.46. The molecule has 0 heterocycles. The lowest BCUT2D eigenvalue weighted by Crippen LogP contribution is -2.04. The largest absolute Gasteiger partial charge is 0.324 e. The van der Waals surface area contributed by atoms with Gasteiger partial charge in [0, 0.05) is 0 Å². The first-order valence-electron chi connectivity index (χ1n) is 3.00. The molecule has 0 aromatic heterocycles. The first-order valence-corrected chi connectivity index (χ1v) is 4.34. The van der Waals surface area contributed by atoms with E-state index < -0.39 is 8.69 Å². The SMILES string of the molecule is Cc1cccc[c]1[Al].O=PO. The third-order valence-electron chi connectivity index (χ3n) is 1.19. The first kappa shape index (κ1) is 10.8. The predicted octanol–water partition coefficient (Wildman–Crippen LogP) is 0.974. The molecule has 0 fully saturated rings. The Labute approximate surface area is 76.0 Å². The Morgan fingerprint density at radius 2 is 1.91 bits per heavy atom. The lowest BCUT2D eigenvalue weighted by atomic mass is 10.2. The summed E-state index contributed by atoms with van der Waals surface area (Å²) < 4.78 is 9.74. The Bertz CT molecular complexity index is 206. The Morgan fingerprint density at radius 1 is 1.45 bits per heavy atom. The zero-order valence-electron chi connectivity index (χ0n) is 6.19. The van der Waals surface area contributed by atoms with Gasteiger partial charge >= 0.3 is 8.69 Å². The highest BCUT2D eigenvalue weighted by molar-refractivity contribution is 7.16. The van der Waals surface area contributed by atoms with Crippen molar-refractivity contribution in [2.45, 2.75) is 6.92 Å². The van der Waals surface area contributed by atoms with E-state index in [2.05, 4.69) is 35.3 Å². The molecular weight excluding hydrogens is 174 g/mol. The molecule has 1 N–H and O–H groups in total. The molecular formula is C7H8AlO2P. The van der Waals surface area contributed by atoms with Crippen LogP contribution < -0.4 is 4.43 Å². The molecule has 2 nitrogen and oxygen atoms in total. The van der Waals surface area contributed by atoms with E-state index in [4.69, 9.17) is 9.46 Å². The highest BCUT2D eigenvalue weighted by Gasteiger charge is 1.82. The fourth-order valence-electron chi connectivity index (χ4n) is 0.587. The fourth-order valence-corrected chi connectivity index (χ4v) is 0.794. The summed E-state index contributed by atoms with van der Waals surface area (Å²) in [7, 11) is -0.833. The lowest BCUT2D eigenvalue weighted by molar-refractivity contribution is 0.524. The average Bonchev–Trinajstić information content (AvgIpc) is 1.97.